The zero-order valence-electron chi connectivity index (χ0n) is 14.7. The van der Waals surface area contributed by atoms with Gasteiger partial charge in [-0.25, -0.2) is 4.79 Å². The number of amides is 2. The fraction of sp³-hybridized carbons (Fsp3) is 0.286. The van der Waals surface area contributed by atoms with Crippen LogP contribution in [0.3, 0.4) is 0 Å². The molecule has 0 aliphatic carbocycles. The van der Waals surface area contributed by atoms with Crippen LogP contribution >= 0.6 is 0 Å². The van der Waals surface area contributed by atoms with Crippen molar-refractivity contribution >= 4 is 11.7 Å². The standard InChI is InChI=1S/C21H24N2O2/c1-3-4-12-23-19(17-10-11-20(24)15(2)13-17)14-18(22-21(23)25)16-8-6-5-7-9-16/h5-11,13-14,18,24H,3-4,12H2,1-2H3,(H,22,25). The number of phenols is 1. The number of urea groups is 1. The first kappa shape index (κ1) is 17.1. The maximum Gasteiger partial charge on any atom is 0.322 e. The summed E-state index contributed by atoms with van der Waals surface area (Å²) in [5.41, 5.74) is 3.70. The highest BCUT2D eigenvalue weighted by Gasteiger charge is 2.28. The number of nitrogens with zero attached hydrogens (tertiary/aromatic N) is 1. The third kappa shape index (κ3) is 3.68. The normalized spacial score (nSPS) is 17.2. The molecule has 0 saturated heterocycles. The Balaban J connectivity index is 2.03. The number of nitrogens with one attached hydrogen (secondary N) is 1. The van der Waals surface area contributed by atoms with Gasteiger partial charge in [0.2, 0.25) is 0 Å². The van der Waals surface area contributed by atoms with E-state index in [-0.39, 0.29) is 17.8 Å². The predicted molar refractivity (Wildman–Crippen MR) is 100 cm³/mol. The molecule has 2 aromatic rings. The van der Waals surface area contributed by atoms with Crippen LogP contribution in [0.25, 0.3) is 5.70 Å². The lowest BCUT2D eigenvalue weighted by Gasteiger charge is -2.33. The lowest BCUT2D eigenvalue weighted by atomic mass is 9.99. The molecule has 130 valence electrons. The van der Waals surface area contributed by atoms with Crippen LogP contribution in [-0.2, 0) is 0 Å². The van der Waals surface area contributed by atoms with E-state index in [0.29, 0.717) is 6.54 Å². The fourth-order valence-corrected chi connectivity index (χ4v) is 3.05. The number of hydrogen-bond acceptors (Lipinski definition) is 2. The van der Waals surface area contributed by atoms with Gasteiger partial charge in [0.05, 0.1) is 11.7 Å². The Morgan fingerprint density at radius 3 is 2.60 bits per heavy atom. The molecule has 3 rings (SSSR count). The number of carbonyl (C=O) groups is 1. The van der Waals surface area contributed by atoms with Crippen LogP contribution in [0.4, 0.5) is 4.79 Å². The Hall–Kier alpha value is -2.75. The van der Waals surface area contributed by atoms with Gasteiger partial charge < -0.3 is 10.4 Å². The Labute approximate surface area is 148 Å². The topological polar surface area (TPSA) is 52.6 Å². The van der Waals surface area contributed by atoms with Gasteiger partial charge in [-0.15, -0.1) is 0 Å². The van der Waals surface area contributed by atoms with Crippen molar-refractivity contribution < 1.29 is 9.90 Å². The molecule has 4 nitrogen and oxygen atoms in total. The number of rotatable bonds is 5. The molecule has 0 bridgehead atoms. The lowest BCUT2D eigenvalue weighted by Crippen LogP contribution is -2.44. The van der Waals surface area contributed by atoms with Crippen LogP contribution in [0.1, 0.15) is 42.5 Å². The molecule has 0 radical (unpaired) electrons. The third-order valence-electron chi connectivity index (χ3n) is 4.53. The molecular weight excluding hydrogens is 312 g/mol. The number of aryl methyl sites for hydroxylation is 1. The van der Waals surface area contributed by atoms with E-state index in [1.165, 1.54) is 0 Å². The summed E-state index contributed by atoms with van der Waals surface area (Å²) in [6, 6.07) is 15.2. The molecule has 2 amide bonds. The lowest BCUT2D eigenvalue weighted by molar-refractivity contribution is 0.212. The Bertz CT molecular complexity index is 784. The SMILES string of the molecule is CCCCN1C(=O)NC(c2ccccc2)C=C1c1ccc(O)c(C)c1. The minimum atomic E-state index is -0.157. The van der Waals surface area contributed by atoms with Crippen LogP contribution in [0.2, 0.25) is 0 Å². The second kappa shape index (κ2) is 7.43. The third-order valence-corrected chi connectivity index (χ3v) is 4.53. The van der Waals surface area contributed by atoms with Crippen molar-refractivity contribution in [2.45, 2.75) is 32.7 Å². The largest absolute Gasteiger partial charge is 0.508 e. The van der Waals surface area contributed by atoms with Gasteiger partial charge in [-0.3, -0.25) is 4.90 Å². The van der Waals surface area contributed by atoms with Gasteiger partial charge in [0.25, 0.3) is 0 Å². The minimum Gasteiger partial charge on any atom is -0.508 e. The van der Waals surface area contributed by atoms with E-state index in [9.17, 15) is 9.90 Å². The van der Waals surface area contributed by atoms with E-state index in [0.717, 1.165) is 35.2 Å². The number of aromatic hydroxyl groups is 1. The van der Waals surface area contributed by atoms with Crippen molar-refractivity contribution in [3.63, 3.8) is 0 Å². The van der Waals surface area contributed by atoms with Gasteiger partial charge in [0.1, 0.15) is 5.75 Å². The minimum absolute atomic E-state index is 0.0782. The molecule has 1 atom stereocenters. The molecule has 0 saturated carbocycles. The van der Waals surface area contributed by atoms with Crippen molar-refractivity contribution in [2.24, 2.45) is 0 Å². The average molecular weight is 336 g/mol. The molecule has 1 aliphatic heterocycles. The van der Waals surface area contributed by atoms with Crippen LogP contribution in [0, 0.1) is 6.92 Å². The maximum atomic E-state index is 12.7. The molecule has 0 aromatic heterocycles. The number of benzene rings is 2. The highest BCUT2D eigenvalue weighted by Crippen LogP contribution is 2.31. The van der Waals surface area contributed by atoms with Gasteiger partial charge in [0, 0.05) is 6.54 Å². The van der Waals surface area contributed by atoms with Gasteiger partial charge in [-0.1, -0.05) is 43.7 Å². The van der Waals surface area contributed by atoms with Crippen LogP contribution < -0.4 is 5.32 Å². The highest BCUT2D eigenvalue weighted by atomic mass is 16.3. The molecule has 1 aliphatic rings. The van der Waals surface area contributed by atoms with Crippen molar-refractivity contribution in [1.29, 1.82) is 0 Å². The van der Waals surface area contributed by atoms with E-state index in [1.54, 1.807) is 11.0 Å². The maximum absolute atomic E-state index is 12.7. The van der Waals surface area contributed by atoms with Crippen LogP contribution in [0.15, 0.2) is 54.6 Å². The molecule has 0 spiro atoms. The van der Waals surface area contributed by atoms with Gasteiger partial charge >= 0.3 is 6.03 Å². The van der Waals surface area contributed by atoms with Crippen molar-refractivity contribution in [3.05, 3.63) is 71.3 Å². The molecular formula is C21H24N2O2. The van der Waals surface area contributed by atoms with Crippen molar-refractivity contribution in [1.82, 2.24) is 10.2 Å². The molecule has 2 N–H and O–H groups in total. The molecule has 1 heterocycles. The van der Waals surface area contributed by atoms with E-state index in [2.05, 4.69) is 18.3 Å². The van der Waals surface area contributed by atoms with Crippen molar-refractivity contribution in [2.75, 3.05) is 6.54 Å². The fourth-order valence-electron chi connectivity index (χ4n) is 3.05. The second-order valence-corrected chi connectivity index (χ2v) is 6.40. The van der Waals surface area contributed by atoms with Gasteiger partial charge in [-0.2, -0.15) is 0 Å². The van der Waals surface area contributed by atoms with Crippen LogP contribution in [0.5, 0.6) is 5.75 Å². The highest BCUT2D eigenvalue weighted by molar-refractivity contribution is 5.89. The summed E-state index contributed by atoms with van der Waals surface area (Å²) in [7, 11) is 0. The molecule has 25 heavy (non-hydrogen) atoms. The average Bonchev–Trinajstić information content (AvgIpc) is 2.63. The van der Waals surface area contributed by atoms with Gasteiger partial charge in [-0.05, 0) is 54.3 Å². The number of phenolic OH excluding ortho intramolecular Hbond substituents is 1. The van der Waals surface area contributed by atoms with E-state index < -0.39 is 0 Å². The Morgan fingerprint density at radius 1 is 1.16 bits per heavy atom. The summed E-state index contributed by atoms with van der Waals surface area (Å²) < 4.78 is 0. The van der Waals surface area contributed by atoms with Gasteiger partial charge in [0.15, 0.2) is 0 Å². The van der Waals surface area contributed by atoms with E-state index in [4.69, 9.17) is 0 Å². The summed E-state index contributed by atoms with van der Waals surface area (Å²) in [6.45, 7) is 4.66. The summed E-state index contributed by atoms with van der Waals surface area (Å²) >= 11 is 0. The summed E-state index contributed by atoms with van der Waals surface area (Å²) in [6.07, 6.45) is 4.06. The quantitative estimate of drug-likeness (QED) is 0.838. The zero-order valence-corrected chi connectivity index (χ0v) is 14.7. The Kier molecular flexibility index (Phi) is 5.08. The summed E-state index contributed by atoms with van der Waals surface area (Å²) in [5.74, 6) is 0.268. The van der Waals surface area contributed by atoms with E-state index in [1.807, 2.05) is 49.4 Å². The summed E-state index contributed by atoms with van der Waals surface area (Å²) in [5, 5.41) is 12.9. The summed E-state index contributed by atoms with van der Waals surface area (Å²) in [4.78, 5) is 14.5. The number of carbonyl (C=O) groups excluding carboxylic acids is 1. The van der Waals surface area contributed by atoms with Crippen molar-refractivity contribution in [3.8, 4) is 5.75 Å². The smallest absolute Gasteiger partial charge is 0.322 e. The second-order valence-electron chi connectivity index (χ2n) is 6.40. The first-order valence-corrected chi connectivity index (χ1v) is 8.75. The predicted octanol–water partition coefficient (Wildman–Crippen LogP) is 4.61. The number of hydrogen-bond donors (Lipinski definition) is 2. The molecule has 4 heteroatoms. The Morgan fingerprint density at radius 2 is 1.92 bits per heavy atom. The first-order valence-electron chi connectivity index (χ1n) is 8.75. The molecule has 2 aromatic carbocycles. The molecule has 1 unspecified atom stereocenters. The van der Waals surface area contributed by atoms with E-state index >= 15 is 0 Å². The number of unbranched alkanes of at least 4 members (excludes halogenated alkanes) is 1. The van der Waals surface area contributed by atoms with Crippen LogP contribution in [-0.4, -0.2) is 22.6 Å². The first-order chi connectivity index (χ1) is 12.1. The zero-order chi connectivity index (χ0) is 17.8. The molecule has 0 fully saturated rings. The monoisotopic (exact) mass is 336 g/mol.